The Morgan fingerprint density at radius 1 is 1.31 bits per heavy atom. The van der Waals surface area contributed by atoms with Gasteiger partial charge in [-0.05, 0) is 6.42 Å². The number of carbonyl (C=O) groups excluding carboxylic acids is 2. The predicted octanol–water partition coefficient (Wildman–Crippen LogP) is -0.797. The maximum Gasteiger partial charge on any atom is 0.239 e. The van der Waals surface area contributed by atoms with Gasteiger partial charge in [0.1, 0.15) is 0 Å². The van der Waals surface area contributed by atoms with Crippen molar-refractivity contribution < 1.29 is 14.3 Å². The third-order valence-corrected chi connectivity index (χ3v) is 4.60. The van der Waals surface area contributed by atoms with Crippen LogP contribution in [0.3, 0.4) is 0 Å². The first kappa shape index (κ1) is 10.6. The SMILES string of the molecule is NC1C2CCOC2C1N1C(=O)CSCC1=O. The van der Waals surface area contributed by atoms with E-state index in [-0.39, 0.29) is 30.0 Å². The first-order chi connectivity index (χ1) is 7.70. The normalized spacial score (nSPS) is 43.2. The number of carbonyl (C=O) groups is 2. The van der Waals surface area contributed by atoms with E-state index < -0.39 is 0 Å². The highest BCUT2D eigenvalue weighted by atomic mass is 32.2. The lowest BCUT2D eigenvalue weighted by Crippen LogP contribution is -2.71. The molecule has 2 amide bonds. The molecule has 0 bridgehead atoms. The van der Waals surface area contributed by atoms with Gasteiger partial charge in [-0.25, -0.2) is 0 Å². The monoisotopic (exact) mass is 242 g/mol. The molecule has 88 valence electrons. The van der Waals surface area contributed by atoms with E-state index in [1.807, 2.05) is 0 Å². The summed E-state index contributed by atoms with van der Waals surface area (Å²) in [5.74, 6) is 0.866. The van der Waals surface area contributed by atoms with Crippen LogP contribution in [0.2, 0.25) is 0 Å². The Labute approximate surface area is 97.7 Å². The van der Waals surface area contributed by atoms with E-state index in [9.17, 15) is 9.59 Å². The van der Waals surface area contributed by atoms with Crippen LogP contribution in [-0.4, -0.2) is 53.0 Å². The number of imide groups is 1. The van der Waals surface area contributed by atoms with Crippen LogP contribution < -0.4 is 5.73 Å². The van der Waals surface area contributed by atoms with Gasteiger partial charge in [-0.1, -0.05) is 0 Å². The van der Waals surface area contributed by atoms with Gasteiger partial charge in [-0.2, -0.15) is 0 Å². The standard InChI is InChI=1S/C10H14N2O3S/c11-8-5-1-2-15-10(5)9(8)12-6(13)3-16-4-7(12)14/h5,8-10H,1-4,11H2. The summed E-state index contributed by atoms with van der Waals surface area (Å²) in [5.41, 5.74) is 6.03. The topological polar surface area (TPSA) is 72.6 Å². The van der Waals surface area contributed by atoms with Gasteiger partial charge in [0, 0.05) is 18.6 Å². The van der Waals surface area contributed by atoms with Crippen molar-refractivity contribution in [2.75, 3.05) is 18.1 Å². The van der Waals surface area contributed by atoms with Crippen molar-refractivity contribution in [2.24, 2.45) is 11.7 Å². The molecule has 2 saturated heterocycles. The molecule has 2 heterocycles. The van der Waals surface area contributed by atoms with Crippen LogP contribution in [0, 0.1) is 5.92 Å². The lowest BCUT2D eigenvalue weighted by Gasteiger charge is -2.50. The number of amides is 2. The van der Waals surface area contributed by atoms with Crippen molar-refractivity contribution in [2.45, 2.75) is 24.6 Å². The highest BCUT2D eigenvalue weighted by molar-refractivity contribution is 8.00. The summed E-state index contributed by atoms with van der Waals surface area (Å²) < 4.78 is 5.55. The van der Waals surface area contributed by atoms with Crippen LogP contribution >= 0.6 is 11.8 Å². The Morgan fingerprint density at radius 3 is 2.69 bits per heavy atom. The van der Waals surface area contributed by atoms with Crippen LogP contribution in [-0.2, 0) is 14.3 Å². The first-order valence-electron chi connectivity index (χ1n) is 5.50. The highest BCUT2D eigenvalue weighted by Gasteiger charge is 2.57. The Hall–Kier alpha value is -0.590. The van der Waals surface area contributed by atoms with Gasteiger partial charge in [-0.15, -0.1) is 11.8 Å². The van der Waals surface area contributed by atoms with Crippen molar-refractivity contribution in [3.05, 3.63) is 0 Å². The minimum atomic E-state index is -0.214. The average molecular weight is 242 g/mol. The van der Waals surface area contributed by atoms with Crippen LogP contribution in [0.1, 0.15) is 6.42 Å². The number of thioether (sulfide) groups is 1. The molecule has 2 N–H and O–H groups in total. The van der Waals surface area contributed by atoms with Gasteiger partial charge in [0.15, 0.2) is 0 Å². The zero-order valence-corrected chi connectivity index (χ0v) is 9.61. The molecule has 1 saturated carbocycles. The maximum absolute atomic E-state index is 11.7. The van der Waals surface area contributed by atoms with E-state index in [1.54, 1.807) is 0 Å². The van der Waals surface area contributed by atoms with Crippen molar-refractivity contribution in [3.8, 4) is 0 Å². The van der Waals surface area contributed by atoms with E-state index in [0.29, 0.717) is 24.0 Å². The largest absolute Gasteiger partial charge is 0.376 e. The summed E-state index contributed by atoms with van der Waals surface area (Å²) in [7, 11) is 0. The van der Waals surface area contributed by atoms with Crippen molar-refractivity contribution in [3.63, 3.8) is 0 Å². The quantitative estimate of drug-likeness (QED) is 0.610. The third kappa shape index (κ3) is 1.33. The number of hydrogen-bond donors (Lipinski definition) is 1. The fourth-order valence-electron chi connectivity index (χ4n) is 2.87. The van der Waals surface area contributed by atoms with Gasteiger partial charge >= 0.3 is 0 Å². The number of nitrogens with zero attached hydrogens (tertiary/aromatic N) is 1. The summed E-state index contributed by atoms with van der Waals surface area (Å²) in [4.78, 5) is 24.8. The van der Waals surface area contributed by atoms with Gasteiger partial charge < -0.3 is 10.5 Å². The smallest absolute Gasteiger partial charge is 0.239 e. The zero-order chi connectivity index (χ0) is 11.3. The van der Waals surface area contributed by atoms with Crippen LogP contribution in [0.25, 0.3) is 0 Å². The minimum Gasteiger partial charge on any atom is -0.376 e. The molecule has 1 aliphatic carbocycles. The third-order valence-electron chi connectivity index (χ3n) is 3.70. The van der Waals surface area contributed by atoms with Gasteiger partial charge in [0.25, 0.3) is 0 Å². The lowest BCUT2D eigenvalue weighted by molar-refractivity contribution is -0.157. The van der Waals surface area contributed by atoms with E-state index in [1.165, 1.54) is 16.7 Å². The molecule has 3 aliphatic rings. The maximum atomic E-state index is 11.7. The Balaban J connectivity index is 1.81. The van der Waals surface area contributed by atoms with Crippen LogP contribution in [0.5, 0.6) is 0 Å². The molecule has 0 aromatic heterocycles. The number of ether oxygens (including phenoxy) is 1. The van der Waals surface area contributed by atoms with E-state index in [0.717, 1.165) is 6.42 Å². The number of hydrogen-bond acceptors (Lipinski definition) is 5. The second-order valence-corrected chi connectivity index (χ2v) is 5.49. The van der Waals surface area contributed by atoms with Crippen LogP contribution in [0.4, 0.5) is 0 Å². The molecule has 2 aliphatic heterocycles. The molecule has 5 nitrogen and oxygen atoms in total. The summed E-state index contributed by atoms with van der Waals surface area (Å²) in [6.07, 6.45) is 0.943. The van der Waals surface area contributed by atoms with Gasteiger partial charge in [-0.3, -0.25) is 14.5 Å². The van der Waals surface area contributed by atoms with E-state index in [4.69, 9.17) is 10.5 Å². The van der Waals surface area contributed by atoms with Gasteiger partial charge in [0.2, 0.25) is 11.8 Å². The second kappa shape index (κ2) is 3.72. The molecule has 4 atom stereocenters. The average Bonchev–Trinajstić information content (AvgIpc) is 2.67. The molecular formula is C10H14N2O3S. The summed E-state index contributed by atoms with van der Waals surface area (Å²) in [5, 5.41) is 0. The Bertz CT molecular complexity index is 333. The fraction of sp³-hybridized carbons (Fsp3) is 0.800. The zero-order valence-electron chi connectivity index (χ0n) is 8.80. The molecule has 0 radical (unpaired) electrons. The minimum absolute atomic E-state index is 0.00833. The molecule has 4 unspecified atom stereocenters. The second-order valence-electron chi connectivity index (χ2n) is 4.51. The number of nitrogens with two attached hydrogens (primary N) is 1. The summed E-state index contributed by atoms with van der Waals surface area (Å²) >= 11 is 1.37. The van der Waals surface area contributed by atoms with E-state index in [2.05, 4.69) is 0 Å². The number of fused-ring (bicyclic) bond motifs is 1. The number of rotatable bonds is 1. The molecule has 3 fully saturated rings. The van der Waals surface area contributed by atoms with Gasteiger partial charge in [0.05, 0.1) is 23.7 Å². The van der Waals surface area contributed by atoms with Crippen molar-refractivity contribution in [1.82, 2.24) is 4.90 Å². The highest BCUT2D eigenvalue weighted by Crippen LogP contribution is 2.41. The molecule has 0 spiro atoms. The molecule has 16 heavy (non-hydrogen) atoms. The summed E-state index contributed by atoms with van der Waals surface area (Å²) in [6, 6.07) is -0.308. The van der Waals surface area contributed by atoms with Crippen LogP contribution in [0.15, 0.2) is 0 Å². The molecule has 3 rings (SSSR count). The first-order valence-corrected chi connectivity index (χ1v) is 6.65. The summed E-state index contributed by atoms with van der Waals surface area (Å²) in [6.45, 7) is 0.699. The molecular weight excluding hydrogens is 228 g/mol. The van der Waals surface area contributed by atoms with Crippen molar-refractivity contribution >= 4 is 23.6 Å². The Kier molecular flexibility index (Phi) is 2.45. The molecule has 0 aromatic rings. The molecule has 6 heteroatoms. The lowest BCUT2D eigenvalue weighted by atomic mass is 9.71. The van der Waals surface area contributed by atoms with E-state index >= 15 is 0 Å². The predicted molar refractivity (Wildman–Crippen MR) is 58.8 cm³/mol. The Morgan fingerprint density at radius 2 is 2.00 bits per heavy atom. The molecule has 0 aromatic carbocycles. The fourth-order valence-corrected chi connectivity index (χ4v) is 3.60. The van der Waals surface area contributed by atoms with Crippen molar-refractivity contribution in [1.29, 1.82) is 0 Å².